The van der Waals surface area contributed by atoms with Gasteiger partial charge in [0.05, 0.1) is 0 Å². The molecule has 2 nitrogen and oxygen atoms in total. The minimum Gasteiger partial charge on any atom is -0.327 e. The molecule has 0 saturated carbocycles. The molecule has 0 fully saturated rings. The average molecular weight is 178 g/mol. The van der Waals surface area contributed by atoms with Crippen LogP contribution in [0.3, 0.4) is 0 Å². The van der Waals surface area contributed by atoms with E-state index in [0.29, 0.717) is 5.92 Å². The van der Waals surface area contributed by atoms with Crippen LogP contribution < -0.4 is 5.73 Å². The molecule has 0 aromatic carbocycles. The molecule has 0 saturated heterocycles. The summed E-state index contributed by atoms with van der Waals surface area (Å²) in [5.74, 6) is 0.517. The molecular formula is C11H18N2. The van der Waals surface area contributed by atoms with E-state index >= 15 is 0 Å². The van der Waals surface area contributed by atoms with Gasteiger partial charge in [-0.3, -0.25) is 4.98 Å². The van der Waals surface area contributed by atoms with Gasteiger partial charge < -0.3 is 5.73 Å². The molecule has 0 aliphatic heterocycles. The maximum Gasteiger partial charge on any atom is 0.0419 e. The Morgan fingerprint density at radius 3 is 2.54 bits per heavy atom. The van der Waals surface area contributed by atoms with E-state index in [1.165, 1.54) is 5.56 Å². The van der Waals surface area contributed by atoms with Gasteiger partial charge in [-0.1, -0.05) is 19.9 Å². The number of rotatable bonds is 3. The Kier molecular flexibility index (Phi) is 3.43. The van der Waals surface area contributed by atoms with Crippen LogP contribution in [-0.2, 0) is 6.42 Å². The van der Waals surface area contributed by atoms with Crippen LogP contribution in [0.4, 0.5) is 0 Å². The van der Waals surface area contributed by atoms with Gasteiger partial charge in [-0.15, -0.1) is 0 Å². The molecule has 13 heavy (non-hydrogen) atoms. The van der Waals surface area contributed by atoms with E-state index in [-0.39, 0.29) is 6.04 Å². The van der Waals surface area contributed by atoms with Crippen LogP contribution >= 0.6 is 0 Å². The van der Waals surface area contributed by atoms with E-state index in [1.54, 1.807) is 0 Å². The van der Waals surface area contributed by atoms with Crippen molar-refractivity contribution in [3.05, 3.63) is 29.6 Å². The molecule has 0 spiro atoms. The lowest BCUT2D eigenvalue weighted by Crippen LogP contribution is -2.29. The van der Waals surface area contributed by atoms with Crippen molar-refractivity contribution in [3.8, 4) is 0 Å². The van der Waals surface area contributed by atoms with Gasteiger partial charge in [0.15, 0.2) is 0 Å². The lowest BCUT2D eigenvalue weighted by atomic mass is 10.00. The van der Waals surface area contributed by atoms with E-state index in [1.807, 2.05) is 13.1 Å². The van der Waals surface area contributed by atoms with Crippen molar-refractivity contribution in [1.29, 1.82) is 0 Å². The number of hydrogen-bond donors (Lipinski definition) is 1. The molecule has 1 heterocycles. The van der Waals surface area contributed by atoms with Crippen molar-refractivity contribution in [3.63, 3.8) is 0 Å². The fourth-order valence-electron chi connectivity index (χ4n) is 1.10. The summed E-state index contributed by atoms with van der Waals surface area (Å²) in [5, 5.41) is 0. The molecule has 0 amide bonds. The molecule has 1 aromatic rings. The molecule has 0 radical (unpaired) electrons. The number of nitrogens with zero attached hydrogens (tertiary/aromatic N) is 1. The Morgan fingerprint density at radius 2 is 2.08 bits per heavy atom. The number of nitrogens with two attached hydrogens (primary N) is 1. The van der Waals surface area contributed by atoms with E-state index in [2.05, 4.69) is 31.0 Å². The molecule has 1 unspecified atom stereocenters. The number of aryl methyl sites for hydroxylation is 1. The SMILES string of the molecule is Cc1ccc(CC(N)C(C)C)nc1. The summed E-state index contributed by atoms with van der Waals surface area (Å²) in [6, 6.07) is 4.35. The van der Waals surface area contributed by atoms with Crippen molar-refractivity contribution >= 4 is 0 Å². The van der Waals surface area contributed by atoms with Gasteiger partial charge in [0.1, 0.15) is 0 Å². The minimum atomic E-state index is 0.218. The van der Waals surface area contributed by atoms with Crippen molar-refractivity contribution in [2.24, 2.45) is 11.7 Å². The molecular weight excluding hydrogens is 160 g/mol. The van der Waals surface area contributed by atoms with E-state index in [9.17, 15) is 0 Å². The normalized spacial score (nSPS) is 13.3. The highest BCUT2D eigenvalue weighted by molar-refractivity contribution is 5.13. The lowest BCUT2D eigenvalue weighted by Gasteiger charge is -2.14. The second-order valence-electron chi connectivity index (χ2n) is 3.94. The lowest BCUT2D eigenvalue weighted by molar-refractivity contribution is 0.486. The summed E-state index contributed by atoms with van der Waals surface area (Å²) < 4.78 is 0. The smallest absolute Gasteiger partial charge is 0.0419 e. The van der Waals surface area contributed by atoms with Crippen LogP contribution in [0, 0.1) is 12.8 Å². The van der Waals surface area contributed by atoms with Crippen molar-refractivity contribution < 1.29 is 0 Å². The van der Waals surface area contributed by atoms with Gasteiger partial charge in [-0.05, 0) is 24.5 Å². The first-order chi connectivity index (χ1) is 6.09. The zero-order valence-corrected chi connectivity index (χ0v) is 8.62. The van der Waals surface area contributed by atoms with Crippen molar-refractivity contribution in [2.45, 2.75) is 33.2 Å². The van der Waals surface area contributed by atoms with E-state index < -0.39 is 0 Å². The fourth-order valence-corrected chi connectivity index (χ4v) is 1.10. The third-order valence-electron chi connectivity index (χ3n) is 2.27. The minimum absolute atomic E-state index is 0.218. The molecule has 0 bridgehead atoms. The van der Waals surface area contributed by atoms with Crippen molar-refractivity contribution in [1.82, 2.24) is 4.98 Å². The molecule has 2 N–H and O–H groups in total. The Balaban J connectivity index is 2.59. The predicted octanol–water partition coefficient (Wildman–Crippen LogP) is 1.92. The third-order valence-corrected chi connectivity index (χ3v) is 2.27. The first-order valence-corrected chi connectivity index (χ1v) is 4.76. The van der Waals surface area contributed by atoms with Gasteiger partial charge in [0.2, 0.25) is 0 Å². The Labute approximate surface area is 80.2 Å². The van der Waals surface area contributed by atoms with Crippen LogP contribution in [0.2, 0.25) is 0 Å². The maximum atomic E-state index is 5.95. The van der Waals surface area contributed by atoms with Crippen LogP contribution in [0.5, 0.6) is 0 Å². The molecule has 1 rings (SSSR count). The molecule has 0 aliphatic carbocycles. The topological polar surface area (TPSA) is 38.9 Å². The second-order valence-corrected chi connectivity index (χ2v) is 3.94. The summed E-state index contributed by atoms with van der Waals surface area (Å²) >= 11 is 0. The first kappa shape index (κ1) is 10.2. The zero-order valence-electron chi connectivity index (χ0n) is 8.62. The first-order valence-electron chi connectivity index (χ1n) is 4.76. The largest absolute Gasteiger partial charge is 0.327 e. The van der Waals surface area contributed by atoms with Crippen LogP contribution in [0.25, 0.3) is 0 Å². The van der Waals surface area contributed by atoms with Crippen LogP contribution in [0.15, 0.2) is 18.3 Å². The molecule has 2 heteroatoms. The summed E-state index contributed by atoms with van der Waals surface area (Å²) in [7, 11) is 0. The molecule has 1 atom stereocenters. The standard InChI is InChI=1S/C11H18N2/c1-8(2)11(12)6-10-5-4-9(3)7-13-10/h4-5,7-8,11H,6,12H2,1-3H3. The Hall–Kier alpha value is -0.890. The highest BCUT2D eigenvalue weighted by Crippen LogP contribution is 2.06. The molecule has 72 valence electrons. The zero-order chi connectivity index (χ0) is 9.84. The number of hydrogen-bond acceptors (Lipinski definition) is 2. The number of aromatic nitrogens is 1. The van der Waals surface area contributed by atoms with Crippen LogP contribution in [-0.4, -0.2) is 11.0 Å². The fraction of sp³-hybridized carbons (Fsp3) is 0.545. The third kappa shape index (κ3) is 3.15. The number of pyridine rings is 1. The molecule has 1 aromatic heterocycles. The summed E-state index contributed by atoms with van der Waals surface area (Å²) in [5.41, 5.74) is 8.23. The van der Waals surface area contributed by atoms with Gasteiger partial charge in [-0.25, -0.2) is 0 Å². The Morgan fingerprint density at radius 1 is 1.38 bits per heavy atom. The quantitative estimate of drug-likeness (QED) is 0.768. The summed E-state index contributed by atoms with van der Waals surface area (Å²) in [6.07, 6.45) is 2.76. The average Bonchev–Trinajstić information content (AvgIpc) is 2.08. The van der Waals surface area contributed by atoms with Gasteiger partial charge in [-0.2, -0.15) is 0 Å². The Bertz CT molecular complexity index is 251. The van der Waals surface area contributed by atoms with Gasteiger partial charge >= 0.3 is 0 Å². The highest BCUT2D eigenvalue weighted by atomic mass is 14.7. The maximum absolute atomic E-state index is 5.95. The predicted molar refractivity (Wildman–Crippen MR) is 55.5 cm³/mol. The van der Waals surface area contributed by atoms with Gasteiger partial charge in [0.25, 0.3) is 0 Å². The van der Waals surface area contributed by atoms with Crippen LogP contribution in [0.1, 0.15) is 25.1 Å². The van der Waals surface area contributed by atoms with Crippen molar-refractivity contribution in [2.75, 3.05) is 0 Å². The summed E-state index contributed by atoms with van der Waals surface area (Å²) in [6.45, 7) is 6.32. The van der Waals surface area contributed by atoms with E-state index in [0.717, 1.165) is 12.1 Å². The monoisotopic (exact) mass is 178 g/mol. The second kappa shape index (κ2) is 4.38. The van der Waals surface area contributed by atoms with E-state index in [4.69, 9.17) is 5.73 Å². The molecule has 0 aliphatic rings. The van der Waals surface area contributed by atoms with Gasteiger partial charge in [0, 0.05) is 24.4 Å². The summed E-state index contributed by atoms with van der Waals surface area (Å²) in [4.78, 5) is 4.32. The highest BCUT2D eigenvalue weighted by Gasteiger charge is 2.08.